The molecule has 5 nitrogen and oxygen atoms in total. The van der Waals surface area contributed by atoms with Gasteiger partial charge < -0.3 is 10.1 Å². The molecule has 0 unspecified atom stereocenters. The van der Waals surface area contributed by atoms with Crippen molar-refractivity contribution in [2.75, 3.05) is 0 Å². The third-order valence-corrected chi connectivity index (χ3v) is 3.68. The lowest BCUT2D eigenvalue weighted by molar-refractivity contribution is -0.274. The molecule has 1 heterocycles. The molecule has 1 aromatic heterocycles. The fourth-order valence-corrected chi connectivity index (χ4v) is 2.47. The van der Waals surface area contributed by atoms with Gasteiger partial charge in [-0.25, -0.2) is 0 Å². The van der Waals surface area contributed by atoms with Gasteiger partial charge in [-0.15, -0.1) is 13.2 Å². The molecule has 0 radical (unpaired) electrons. The number of nitrogens with one attached hydrogen (secondary N) is 2. The van der Waals surface area contributed by atoms with Crippen LogP contribution in [0.15, 0.2) is 48.7 Å². The van der Waals surface area contributed by atoms with E-state index in [1.54, 1.807) is 25.3 Å². The zero-order valence-electron chi connectivity index (χ0n) is 13.1. The average Bonchev–Trinajstić information content (AvgIpc) is 3.02. The van der Waals surface area contributed by atoms with Crippen LogP contribution in [0.2, 0.25) is 0 Å². The van der Waals surface area contributed by atoms with Crippen molar-refractivity contribution in [2.45, 2.75) is 19.3 Å². The number of benzene rings is 2. The van der Waals surface area contributed by atoms with Crippen LogP contribution in [0.1, 0.15) is 28.9 Å². The van der Waals surface area contributed by atoms with Crippen LogP contribution in [0.4, 0.5) is 13.2 Å². The highest BCUT2D eigenvalue weighted by Crippen LogP contribution is 2.24. The van der Waals surface area contributed by atoms with Gasteiger partial charge >= 0.3 is 6.36 Å². The highest BCUT2D eigenvalue weighted by Gasteiger charge is 2.31. The molecule has 3 aromatic rings. The van der Waals surface area contributed by atoms with Gasteiger partial charge in [-0.3, -0.25) is 9.89 Å². The SMILES string of the molecule is C[C@@H](NC(=O)c1cccc2cn[nH]c12)c1ccc(OC(F)(F)F)cc1. The predicted molar refractivity (Wildman–Crippen MR) is 85.1 cm³/mol. The molecule has 2 N–H and O–H groups in total. The number of ether oxygens (including phenoxy) is 1. The minimum absolute atomic E-state index is 0.307. The number of carbonyl (C=O) groups is 1. The summed E-state index contributed by atoms with van der Waals surface area (Å²) in [6, 6.07) is 10.2. The van der Waals surface area contributed by atoms with Crippen LogP contribution in [0, 0.1) is 0 Å². The second kappa shape index (κ2) is 6.46. The molecule has 1 amide bonds. The van der Waals surface area contributed by atoms with Crippen molar-refractivity contribution in [3.63, 3.8) is 0 Å². The minimum atomic E-state index is -4.73. The molecule has 25 heavy (non-hydrogen) atoms. The molecule has 0 bridgehead atoms. The summed E-state index contributed by atoms with van der Waals surface area (Å²) < 4.78 is 40.3. The van der Waals surface area contributed by atoms with E-state index in [9.17, 15) is 18.0 Å². The molecular formula is C17H14F3N3O2. The highest BCUT2D eigenvalue weighted by atomic mass is 19.4. The third kappa shape index (κ3) is 3.90. The monoisotopic (exact) mass is 349 g/mol. The van der Waals surface area contributed by atoms with E-state index in [2.05, 4.69) is 20.3 Å². The Bertz CT molecular complexity index is 888. The quantitative estimate of drug-likeness (QED) is 0.749. The second-order valence-electron chi connectivity index (χ2n) is 5.45. The summed E-state index contributed by atoms with van der Waals surface area (Å²) in [5.41, 5.74) is 1.72. The number of fused-ring (bicyclic) bond motifs is 1. The zero-order valence-corrected chi connectivity index (χ0v) is 13.1. The van der Waals surface area contributed by atoms with Crippen LogP contribution in [-0.4, -0.2) is 22.5 Å². The smallest absolute Gasteiger partial charge is 0.406 e. The summed E-state index contributed by atoms with van der Waals surface area (Å²) in [5.74, 6) is -0.616. The molecule has 3 rings (SSSR count). The molecule has 130 valence electrons. The van der Waals surface area contributed by atoms with E-state index in [0.717, 1.165) is 5.39 Å². The van der Waals surface area contributed by atoms with Crippen molar-refractivity contribution >= 4 is 16.8 Å². The third-order valence-electron chi connectivity index (χ3n) is 3.68. The van der Waals surface area contributed by atoms with Gasteiger partial charge in [-0.05, 0) is 30.7 Å². The van der Waals surface area contributed by atoms with Gasteiger partial charge in [0.05, 0.1) is 23.3 Å². The number of H-pyrrole nitrogens is 1. The lowest BCUT2D eigenvalue weighted by Crippen LogP contribution is -2.26. The molecule has 0 aliphatic carbocycles. The fourth-order valence-electron chi connectivity index (χ4n) is 2.47. The van der Waals surface area contributed by atoms with Gasteiger partial charge in [0.2, 0.25) is 0 Å². The summed E-state index contributed by atoms with van der Waals surface area (Å²) in [6.45, 7) is 1.74. The Balaban J connectivity index is 1.72. The number of alkyl halides is 3. The number of halogens is 3. The van der Waals surface area contributed by atoms with E-state index >= 15 is 0 Å². The normalized spacial score (nSPS) is 12.8. The number of nitrogens with zero attached hydrogens (tertiary/aromatic N) is 1. The van der Waals surface area contributed by atoms with Gasteiger partial charge in [0.1, 0.15) is 5.75 Å². The molecule has 0 aliphatic heterocycles. The average molecular weight is 349 g/mol. The highest BCUT2D eigenvalue weighted by molar-refractivity contribution is 6.05. The number of hydrogen-bond acceptors (Lipinski definition) is 3. The van der Waals surface area contributed by atoms with Crippen LogP contribution >= 0.6 is 0 Å². The number of aromatic nitrogens is 2. The van der Waals surface area contributed by atoms with Gasteiger partial charge in [0, 0.05) is 5.39 Å². The minimum Gasteiger partial charge on any atom is -0.406 e. The Labute approximate surface area is 140 Å². The zero-order chi connectivity index (χ0) is 18.0. The van der Waals surface area contributed by atoms with Crippen molar-refractivity contribution in [3.05, 3.63) is 59.8 Å². The van der Waals surface area contributed by atoms with E-state index in [1.807, 2.05) is 6.07 Å². The summed E-state index contributed by atoms with van der Waals surface area (Å²) in [7, 11) is 0. The van der Waals surface area contributed by atoms with Crippen molar-refractivity contribution < 1.29 is 22.7 Å². The topological polar surface area (TPSA) is 67.0 Å². The van der Waals surface area contributed by atoms with Crippen molar-refractivity contribution in [2.24, 2.45) is 0 Å². The van der Waals surface area contributed by atoms with Crippen molar-refractivity contribution in [1.82, 2.24) is 15.5 Å². The molecule has 1 atom stereocenters. The Kier molecular flexibility index (Phi) is 4.35. The Morgan fingerprint density at radius 3 is 2.60 bits per heavy atom. The maximum atomic E-state index is 12.5. The van der Waals surface area contributed by atoms with Crippen LogP contribution < -0.4 is 10.1 Å². The molecular weight excluding hydrogens is 335 g/mol. The number of para-hydroxylation sites is 1. The molecule has 8 heteroatoms. The first-order valence-corrected chi connectivity index (χ1v) is 7.42. The standard InChI is InChI=1S/C17H14F3N3O2/c1-10(11-5-7-13(8-6-11)25-17(18,19)20)22-16(24)14-4-2-3-12-9-21-23-15(12)14/h2-10H,1H3,(H,21,23)(H,22,24)/t10-/m1/s1. The predicted octanol–water partition coefficient (Wildman–Crippen LogP) is 3.95. The number of carbonyl (C=O) groups excluding carboxylic acids is 1. The molecule has 0 aliphatic rings. The van der Waals surface area contributed by atoms with Gasteiger partial charge in [0.15, 0.2) is 0 Å². The van der Waals surface area contributed by atoms with Crippen LogP contribution in [0.25, 0.3) is 10.9 Å². The molecule has 0 fully saturated rings. The fraction of sp³-hybridized carbons (Fsp3) is 0.176. The number of aromatic amines is 1. The Morgan fingerprint density at radius 2 is 1.92 bits per heavy atom. The van der Waals surface area contributed by atoms with Gasteiger partial charge in [-0.1, -0.05) is 24.3 Å². The molecule has 0 saturated carbocycles. The van der Waals surface area contributed by atoms with E-state index in [1.165, 1.54) is 24.3 Å². The van der Waals surface area contributed by atoms with E-state index in [4.69, 9.17) is 0 Å². The maximum Gasteiger partial charge on any atom is 0.573 e. The van der Waals surface area contributed by atoms with E-state index < -0.39 is 12.4 Å². The van der Waals surface area contributed by atoms with E-state index in [-0.39, 0.29) is 11.7 Å². The summed E-state index contributed by atoms with van der Waals surface area (Å²) >= 11 is 0. The lowest BCUT2D eigenvalue weighted by Gasteiger charge is -2.15. The Morgan fingerprint density at radius 1 is 1.20 bits per heavy atom. The van der Waals surface area contributed by atoms with Gasteiger partial charge in [0.25, 0.3) is 5.91 Å². The van der Waals surface area contributed by atoms with Crippen LogP contribution in [0.3, 0.4) is 0 Å². The maximum absolute atomic E-state index is 12.5. The lowest BCUT2D eigenvalue weighted by atomic mass is 10.1. The summed E-state index contributed by atoms with van der Waals surface area (Å²) in [4.78, 5) is 12.5. The summed E-state index contributed by atoms with van der Waals surface area (Å²) in [5, 5.41) is 10.3. The first-order chi connectivity index (χ1) is 11.8. The number of hydrogen-bond donors (Lipinski definition) is 2. The number of amides is 1. The van der Waals surface area contributed by atoms with Crippen LogP contribution in [-0.2, 0) is 0 Å². The molecule has 0 spiro atoms. The van der Waals surface area contributed by atoms with Crippen LogP contribution in [0.5, 0.6) is 5.75 Å². The van der Waals surface area contributed by atoms with Gasteiger partial charge in [-0.2, -0.15) is 5.10 Å². The molecule has 2 aromatic carbocycles. The Hall–Kier alpha value is -3.03. The second-order valence-corrected chi connectivity index (χ2v) is 5.45. The first kappa shape index (κ1) is 16.8. The largest absolute Gasteiger partial charge is 0.573 e. The number of rotatable bonds is 4. The molecule has 0 saturated heterocycles. The summed E-state index contributed by atoms with van der Waals surface area (Å²) in [6.07, 6.45) is -3.11. The van der Waals surface area contributed by atoms with Crippen molar-refractivity contribution in [1.29, 1.82) is 0 Å². The first-order valence-electron chi connectivity index (χ1n) is 7.42. The van der Waals surface area contributed by atoms with E-state index in [0.29, 0.717) is 16.6 Å². The van der Waals surface area contributed by atoms with Crippen molar-refractivity contribution in [3.8, 4) is 5.75 Å².